The van der Waals surface area contributed by atoms with Crippen LogP contribution in [0.25, 0.3) is 0 Å². The number of amides is 1. The first kappa shape index (κ1) is 14.7. The zero-order valence-corrected chi connectivity index (χ0v) is 12.1. The third-order valence-corrected chi connectivity index (χ3v) is 3.57. The first-order chi connectivity index (χ1) is 9.53. The van der Waals surface area contributed by atoms with Crippen LogP contribution in [0.15, 0.2) is 18.3 Å². The topological polar surface area (TPSA) is 80.5 Å². The minimum Gasteiger partial charge on any atom is -0.381 e. The summed E-state index contributed by atoms with van der Waals surface area (Å²) in [6, 6.07) is 3.82. The van der Waals surface area contributed by atoms with Crippen LogP contribution in [0.4, 0.5) is 5.82 Å². The van der Waals surface area contributed by atoms with E-state index < -0.39 is 5.54 Å². The molecule has 20 heavy (non-hydrogen) atoms. The van der Waals surface area contributed by atoms with E-state index in [1.54, 1.807) is 6.20 Å². The number of anilines is 1. The van der Waals surface area contributed by atoms with Gasteiger partial charge >= 0.3 is 0 Å². The van der Waals surface area contributed by atoms with Crippen LogP contribution >= 0.6 is 0 Å². The van der Waals surface area contributed by atoms with Gasteiger partial charge in [0.1, 0.15) is 5.82 Å². The average Bonchev–Trinajstić information content (AvgIpc) is 2.45. The van der Waals surface area contributed by atoms with E-state index in [1.807, 2.05) is 31.1 Å². The fourth-order valence-electron chi connectivity index (χ4n) is 2.29. The molecule has 1 aromatic rings. The van der Waals surface area contributed by atoms with Crippen molar-refractivity contribution in [3.05, 3.63) is 23.9 Å². The van der Waals surface area contributed by atoms with E-state index in [4.69, 9.17) is 10.5 Å². The lowest BCUT2D eigenvalue weighted by Gasteiger charge is -2.31. The molecular formula is C14H22N4O2. The van der Waals surface area contributed by atoms with Crippen molar-refractivity contribution in [1.82, 2.24) is 10.3 Å². The van der Waals surface area contributed by atoms with Crippen molar-refractivity contribution in [2.75, 3.05) is 32.2 Å². The number of nitrogens with zero attached hydrogens (tertiary/aromatic N) is 2. The SMILES string of the molecule is CN(C)c1ncccc1CNC(=O)C1(N)CCOCC1. The highest BCUT2D eigenvalue weighted by Crippen LogP contribution is 2.19. The van der Waals surface area contributed by atoms with Crippen molar-refractivity contribution >= 4 is 11.7 Å². The second kappa shape index (κ2) is 6.19. The highest BCUT2D eigenvalue weighted by Gasteiger charge is 2.35. The van der Waals surface area contributed by atoms with Gasteiger partial charge < -0.3 is 20.7 Å². The number of pyridine rings is 1. The Morgan fingerprint density at radius 1 is 1.50 bits per heavy atom. The monoisotopic (exact) mass is 278 g/mol. The van der Waals surface area contributed by atoms with Crippen molar-refractivity contribution in [2.45, 2.75) is 24.9 Å². The molecule has 2 heterocycles. The number of carbonyl (C=O) groups excluding carboxylic acids is 1. The highest BCUT2D eigenvalue weighted by molar-refractivity contribution is 5.86. The van der Waals surface area contributed by atoms with E-state index in [-0.39, 0.29) is 5.91 Å². The van der Waals surface area contributed by atoms with Gasteiger partial charge in [0.2, 0.25) is 5.91 Å². The van der Waals surface area contributed by atoms with E-state index in [9.17, 15) is 4.79 Å². The first-order valence-electron chi connectivity index (χ1n) is 6.79. The van der Waals surface area contributed by atoms with E-state index in [2.05, 4.69) is 10.3 Å². The molecule has 0 spiro atoms. The van der Waals surface area contributed by atoms with Gasteiger partial charge in [-0.05, 0) is 18.9 Å². The predicted octanol–water partition coefficient (Wildman–Crippen LogP) is 0.272. The number of nitrogens with one attached hydrogen (secondary N) is 1. The average molecular weight is 278 g/mol. The van der Waals surface area contributed by atoms with Gasteiger partial charge in [-0.25, -0.2) is 4.98 Å². The van der Waals surface area contributed by atoms with Gasteiger partial charge in [0, 0.05) is 45.6 Å². The van der Waals surface area contributed by atoms with E-state index in [0.717, 1.165) is 11.4 Å². The predicted molar refractivity (Wildman–Crippen MR) is 77.4 cm³/mol. The zero-order chi connectivity index (χ0) is 14.6. The Labute approximate surface area is 119 Å². The molecule has 1 fully saturated rings. The molecule has 0 saturated carbocycles. The highest BCUT2D eigenvalue weighted by atomic mass is 16.5. The van der Waals surface area contributed by atoms with Crippen LogP contribution < -0.4 is 16.0 Å². The van der Waals surface area contributed by atoms with Crippen LogP contribution in [0.5, 0.6) is 0 Å². The van der Waals surface area contributed by atoms with E-state index >= 15 is 0 Å². The number of nitrogens with two attached hydrogens (primary N) is 1. The number of hydrogen-bond donors (Lipinski definition) is 2. The minimum absolute atomic E-state index is 0.116. The summed E-state index contributed by atoms with van der Waals surface area (Å²) in [5.41, 5.74) is 6.31. The second-order valence-electron chi connectivity index (χ2n) is 5.33. The van der Waals surface area contributed by atoms with Crippen LogP contribution in [0.1, 0.15) is 18.4 Å². The molecule has 0 unspecified atom stereocenters. The van der Waals surface area contributed by atoms with Crippen LogP contribution in [0.3, 0.4) is 0 Å². The van der Waals surface area contributed by atoms with Gasteiger partial charge in [0.15, 0.2) is 0 Å². The molecule has 0 bridgehead atoms. The number of aromatic nitrogens is 1. The lowest BCUT2D eigenvalue weighted by molar-refractivity contribution is -0.129. The van der Waals surface area contributed by atoms with E-state index in [0.29, 0.717) is 32.6 Å². The number of rotatable bonds is 4. The zero-order valence-electron chi connectivity index (χ0n) is 12.1. The van der Waals surface area contributed by atoms with Crippen LogP contribution in [-0.2, 0) is 16.1 Å². The smallest absolute Gasteiger partial charge is 0.240 e. The molecule has 1 aliphatic rings. The Hall–Kier alpha value is -1.66. The van der Waals surface area contributed by atoms with Gasteiger partial charge in [-0.3, -0.25) is 4.79 Å². The molecule has 0 aliphatic carbocycles. The van der Waals surface area contributed by atoms with Crippen molar-refractivity contribution < 1.29 is 9.53 Å². The fourth-order valence-corrected chi connectivity index (χ4v) is 2.29. The van der Waals surface area contributed by atoms with Crippen molar-refractivity contribution in [3.8, 4) is 0 Å². The normalized spacial score (nSPS) is 17.6. The number of carbonyl (C=O) groups is 1. The molecule has 1 aliphatic heterocycles. The van der Waals surface area contributed by atoms with Crippen molar-refractivity contribution in [1.29, 1.82) is 0 Å². The third kappa shape index (κ3) is 3.26. The quantitative estimate of drug-likeness (QED) is 0.826. The summed E-state index contributed by atoms with van der Waals surface area (Å²) in [5.74, 6) is 0.736. The van der Waals surface area contributed by atoms with Gasteiger partial charge in [-0.1, -0.05) is 6.07 Å². The molecule has 0 radical (unpaired) electrons. The largest absolute Gasteiger partial charge is 0.381 e. The van der Waals surface area contributed by atoms with E-state index in [1.165, 1.54) is 0 Å². The number of ether oxygens (including phenoxy) is 1. The van der Waals surface area contributed by atoms with Crippen LogP contribution in [-0.4, -0.2) is 43.7 Å². The molecule has 6 heteroatoms. The Morgan fingerprint density at radius 2 is 2.20 bits per heavy atom. The Kier molecular flexibility index (Phi) is 4.57. The lowest BCUT2D eigenvalue weighted by Crippen LogP contribution is -2.56. The Bertz CT molecular complexity index is 470. The molecule has 0 aromatic carbocycles. The maximum atomic E-state index is 12.2. The molecule has 6 nitrogen and oxygen atoms in total. The first-order valence-corrected chi connectivity index (χ1v) is 6.79. The van der Waals surface area contributed by atoms with Crippen molar-refractivity contribution in [2.24, 2.45) is 5.73 Å². The summed E-state index contributed by atoms with van der Waals surface area (Å²) < 4.78 is 5.25. The fraction of sp³-hybridized carbons (Fsp3) is 0.571. The second-order valence-corrected chi connectivity index (χ2v) is 5.33. The van der Waals surface area contributed by atoms with Gasteiger partial charge in [0.25, 0.3) is 0 Å². The van der Waals surface area contributed by atoms with Gasteiger partial charge in [-0.2, -0.15) is 0 Å². The van der Waals surface area contributed by atoms with Crippen LogP contribution in [0, 0.1) is 0 Å². The molecule has 2 rings (SSSR count). The maximum absolute atomic E-state index is 12.2. The summed E-state index contributed by atoms with van der Waals surface area (Å²) in [4.78, 5) is 18.5. The molecular weight excluding hydrogens is 256 g/mol. The third-order valence-electron chi connectivity index (χ3n) is 3.57. The summed E-state index contributed by atoms with van der Waals surface area (Å²) in [6.45, 7) is 1.51. The molecule has 1 saturated heterocycles. The molecule has 1 aromatic heterocycles. The molecule has 3 N–H and O–H groups in total. The molecule has 110 valence electrons. The molecule has 0 atom stereocenters. The summed E-state index contributed by atoms with van der Waals surface area (Å²) in [5, 5.41) is 2.92. The number of hydrogen-bond acceptors (Lipinski definition) is 5. The Morgan fingerprint density at radius 3 is 2.85 bits per heavy atom. The summed E-state index contributed by atoms with van der Waals surface area (Å²) >= 11 is 0. The maximum Gasteiger partial charge on any atom is 0.240 e. The Balaban J connectivity index is 2.00. The van der Waals surface area contributed by atoms with Crippen LogP contribution in [0.2, 0.25) is 0 Å². The molecule has 1 amide bonds. The summed E-state index contributed by atoms with van der Waals surface area (Å²) in [7, 11) is 3.85. The van der Waals surface area contributed by atoms with Crippen molar-refractivity contribution in [3.63, 3.8) is 0 Å². The lowest BCUT2D eigenvalue weighted by atomic mass is 9.90. The van der Waals surface area contributed by atoms with Gasteiger partial charge in [-0.15, -0.1) is 0 Å². The standard InChI is InChI=1S/C14H22N4O2/c1-18(2)12-11(4-3-7-16-12)10-17-13(19)14(15)5-8-20-9-6-14/h3-4,7H,5-6,8-10,15H2,1-2H3,(H,17,19). The van der Waals surface area contributed by atoms with Gasteiger partial charge in [0.05, 0.1) is 5.54 Å². The minimum atomic E-state index is -0.807. The summed E-state index contributed by atoms with van der Waals surface area (Å²) in [6.07, 6.45) is 2.86.